The molecule has 0 radical (unpaired) electrons. The lowest BCUT2D eigenvalue weighted by atomic mass is 10.1. The van der Waals surface area contributed by atoms with Crippen molar-refractivity contribution in [3.8, 4) is 5.75 Å². The number of para-hydroxylation sites is 2. The van der Waals surface area contributed by atoms with Gasteiger partial charge in [0.1, 0.15) is 5.75 Å². The van der Waals surface area contributed by atoms with Crippen molar-refractivity contribution in [2.75, 3.05) is 11.9 Å². The lowest BCUT2D eigenvalue weighted by Crippen LogP contribution is -2.24. The fourth-order valence-electron chi connectivity index (χ4n) is 2.92. The number of halogens is 3. The van der Waals surface area contributed by atoms with E-state index in [1.807, 2.05) is 6.07 Å². The molecule has 6 nitrogen and oxygen atoms in total. The van der Waals surface area contributed by atoms with Gasteiger partial charge in [0.2, 0.25) is 10.0 Å². The van der Waals surface area contributed by atoms with Gasteiger partial charge >= 0.3 is 6.18 Å². The van der Waals surface area contributed by atoms with Crippen molar-refractivity contribution in [2.45, 2.75) is 24.5 Å². The maximum Gasteiger partial charge on any atom is 0.422 e. The second kappa shape index (κ2) is 10.1. The van der Waals surface area contributed by atoms with Crippen LogP contribution in [-0.4, -0.2) is 27.1 Å². The van der Waals surface area contributed by atoms with Gasteiger partial charge in [-0.2, -0.15) is 13.2 Å². The van der Waals surface area contributed by atoms with Crippen LogP contribution < -0.4 is 14.8 Å². The van der Waals surface area contributed by atoms with Crippen LogP contribution in [0.1, 0.15) is 21.5 Å². The molecule has 33 heavy (non-hydrogen) atoms. The van der Waals surface area contributed by atoms with Crippen molar-refractivity contribution in [1.82, 2.24) is 4.72 Å². The molecule has 0 aliphatic carbocycles. The van der Waals surface area contributed by atoms with Gasteiger partial charge in [-0.05, 0) is 42.3 Å². The van der Waals surface area contributed by atoms with Gasteiger partial charge in [-0.25, -0.2) is 13.1 Å². The molecule has 0 atom stereocenters. The van der Waals surface area contributed by atoms with Gasteiger partial charge in [-0.3, -0.25) is 4.79 Å². The van der Waals surface area contributed by atoms with Gasteiger partial charge in [0, 0.05) is 12.1 Å². The summed E-state index contributed by atoms with van der Waals surface area (Å²) >= 11 is 0. The van der Waals surface area contributed by atoms with Crippen LogP contribution in [0.3, 0.4) is 0 Å². The first-order chi connectivity index (χ1) is 15.5. The topological polar surface area (TPSA) is 84.5 Å². The zero-order valence-electron chi connectivity index (χ0n) is 17.5. The van der Waals surface area contributed by atoms with E-state index in [0.29, 0.717) is 5.56 Å². The van der Waals surface area contributed by atoms with Crippen LogP contribution in [0.2, 0.25) is 0 Å². The van der Waals surface area contributed by atoms with E-state index < -0.39 is 28.7 Å². The van der Waals surface area contributed by atoms with Crippen LogP contribution in [-0.2, 0) is 16.6 Å². The molecule has 0 saturated carbocycles. The number of hydrogen-bond donors (Lipinski definition) is 2. The van der Waals surface area contributed by atoms with Crippen LogP contribution >= 0.6 is 0 Å². The van der Waals surface area contributed by atoms with Crippen molar-refractivity contribution >= 4 is 21.6 Å². The summed E-state index contributed by atoms with van der Waals surface area (Å²) in [6, 6.07) is 18.7. The number of aryl methyl sites for hydroxylation is 1. The SMILES string of the molecule is Cc1ccc(S(=O)(=O)NCc2ccccc2)cc1C(=O)Nc1ccccc1OCC(F)(F)F. The molecule has 3 rings (SSSR count). The molecule has 0 aliphatic rings. The van der Waals surface area contributed by atoms with Gasteiger partial charge in [-0.1, -0.05) is 48.5 Å². The molecule has 0 unspecified atom stereocenters. The lowest BCUT2D eigenvalue weighted by Gasteiger charge is -2.15. The van der Waals surface area contributed by atoms with Crippen molar-refractivity contribution < 1.29 is 31.1 Å². The molecule has 0 heterocycles. The molecule has 174 valence electrons. The molecule has 0 aliphatic heterocycles. The molecule has 3 aromatic carbocycles. The Morgan fingerprint density at radius 2 is 1.64 bits per heavy atom. The number of carbonyl (C=O) groups excluding carboxylic acids is 1. The monoisotopic (exact) mass is 478 g/mol. The molecule has 3 aromatic rings. The molecule has 1 amide bonds. The van der Waals surface area contributed by atoms with Crippen LogP contribution in [0, 0.1) is 6.92 Å². The van der Waals surface area contributed by atoms with Crippen LogP contribution in [0.15, 0.2) is 77.7 Å². The standard InChI is InChI=1S/C23H21F3N2O4S/c1-16-11-12-18(33(30,31)27-14-17-7-3-2-4-8-17)13-19(16)22(29)28-20-9-5-6-10-21(20)32-15-23(24,25)26/h2-13,27H,14-15H2,1H3,(H,28,29). The van der Waals surface area contributed by atoms with Gasteiger partial charge in [0.25, 0.3) is 5.91 Å². The van der Waals surface area contributed by atoms with E-state index in [0.717, 1.165) is 5.56 Å². The first-order valence-corrected chi connectivity index (χ1v) is 11.3. The summed E-state index contributed by atoms with van der Waals surface area (Å²) in [6.45, 7) is 0.178. The summed E-state index contributed by atoms with van der Waals surface area (Å²) in [5, 5.41) is 2.49. The highest BCUT2D eigenvalue weighted by Gasteiger charge is 2.29. The second-order valence-corrected chi connectivity index (χ2v) is 8.91. The van der Waals surface area contributed by atoms with E-state index in [2.05, 4.69) is 10.0 Å². The van der Waals surface area contributed by atoms with E-state index in [9.17, 15) is 26.4 Å². The second-order valence-electron chi connectivity index (χ2n) is 7.14. The van der Waals surface area contributed by atoms with Crippen molar-refractivity contribution in [1.29, 1.82) is 0 Å². The average molecular weight is 478 g/mol. The average Bonchev–Trinajstić information content (AvgIpc) is 2.77. The van der Waals surface area contributed by atoms with Crippen LogP contribution in [0.25, 0.3) is 0 Å². The largest absolute Gasteiger partial charge is 0.482 e. The first-order valence-electron chi connectivity index (χ1n) is 9.79. The minimum absolute atomic E-state index is 0.0293. The summed E-state index contributed by atoms with van der Waals surface area (Å²) in [5.74, 6) is -0.843. The predicted molar refractivity (Wildman–Crippen MR) is 118 cm³/mol. The maximum absolute atomic E-state index is 12.8. The normalized spacial score (nSPS) is 11.8. The molecule has 0 aromatic heterocycles. The zero-order valence-corrected chi connectivity index (χ0v) is 18.3. The van der Waals surface area contributed by atoms with Crippen LogP contribution in [0.4, 0.5) is 18.9 Å². The number of carbonyl (C=O) groups is 1. The Labute approximate surface area is 189 Å². The lowest BCUT2D eigenvalue weighted by molar-refractivity contribution is -0.153. The summed E-state index contributed by atoms with van der Waals surface area (Å²) in [4.78, 5) is 12.7. The summed E-state index contributed by atoms with van der Waals surface area (Å²) < 4.78 is 70.2. The van der Waals surface area contributed by atoms with Crippen molar-refractivity contribution in [3.63, 3.8) is 0 Å². The van der Waals surface area contributed by atoms with Gasteiger partial charge < -0.3 is 10.1 Å². The summed E-state index contributed by atoms with van der Waals surface area (Å²) in [6.07, 6.45) is -4.54. The maximum atomic E-state index is 12.8. The summed E-state index contributed by atoms with van der Waals surface area (Å²) in [5.41, 5.74) is 1.34. The summed E-state index contributed by atoms with van der Waals surface area (Å²) in [7, 11) is -3.92. The Kier molecular flexibility index (Phi) is 7.39. The number of hydrogen-bond acceptors (Lipinski definition) is 4. The molecule has 0 spiro atoms. The molecule has 10 heteroatoms. The predicted octanol–water partition coefficient (Wildman–Crippen LogP) is 4.67. The van der Waals surface area contributed by atoms with Crippen molar-refractivity contribution in [3.05, 3.63) is 89.5 Å². The number of nitrogens with one attached hydrogen (secondary N) is 2. The third-order valence-electron chi connectivity index (χ3n) is 4.60. The van der Waals surface area contributed by atoms with E-state index in [1.165, 1.54) is 42.5 Å². The Bertz CT molecular complexity index is 1230. The zero-order chi connectivity index (χ0) is 24.1. The van der Waals surface area contributed by atoms with E-state index >= 15 is 0 Å². The Hall–Kier alpha value is -3.37. The number of rotatable bonds is 8. The van der Waals surface area contributed by atoms with Gasteiger partial charge in [-0.15, -0.1) is 0 Å². The molecule has 0 fully saturated rings. The minimum Gasteiger partial charge on any atom is -0.482 e. The number of alkyl halides is 3. The third kappa shape index (κ3) is 6.80. The molecular formula is C23H21F3N2O4S. The molecular weight excluding hydrogens is 457 g/mol. The molecule has 2 N–H and O–H groups in total. The Balaban J connectivity index is 1.79. The first kappa shape index (κ1) is 24.3. The third-order valence-corrected chi connectivity index (χ3v) is 6.00. The van der Waals surface area contributed by atoms with Gasteiger partial charge in [0.15, 0.2) is 6.61 Å². The molecule has 0 bridgehead atoms. The highest BCUT2D eigenvalue weighted by molar-refractivity contribution is 7.89. The highest BCUT2D eigenvalue weighted by Crippen LogP contribution is 2.27. The van der Waals surface area contributed by atoms with E-state index in [1.54, 1.807) is 31.2 Å². The fourth-order valence-corrected chi connectivity index (χ4v) is 3.96. The number of ether oxygens (including phenoxy) is 1. The highest BCUT2D eigenvalue weighted by atomic mass is 32.2. The fraction of sp³-hybridized carbons (Fsp3) is 0.174. The number of amides is 1. The number of anilines is 1. The van der Waals surface area contributed by atoms with E-state index in [4.69, 9.17) is 4.74 Å². The Morgan fingerprint density at radius 3 is 2.33 bits per heavy atom. The van der Waals surface area contributed by atoms with Crippen molar-refractivity contribution in [2.24, 2.45) is 0 Å². The van der Waals surface area contributed by atoms with E-state index in [-0.39, 0.29) is 28.4 Å². The quantitative estimate of drug-likeness (QED) is 0.493. The van der Waals surface area contributed by atoms with Crippen LogP contribution in [0.5, 0.6) is 5.75 Å². The number of benzene rings is 3. The Morgan fingerprint density at radius 1 is 0.970 bits per heavy atom. The smallest absolute Gasteiger partial charge is 0.422 e. The minimum atomic E-state index is -4.54. The molecule has 0 saturated heterocycles. The van der Waals surface area contributed by atoms with Gasteiger partial charge in [0.05, 0.1) is 10.6 Å². The number of sulfonamides is 1.